The molecule has 0 amide bonds. The van der Waals surface area contributed by atoms with Crippen LogP contribution in [0.25, 0.3) is 0 Å². The number of anilines is 1. The van der Waals surface area contributed by atoms with Gasteiger partial charge in [0.15, 0.2) is 0 Å². The fraction of sp³-hybridized carbons (Fsp3) is 0. The molecule has 1 aromatic carbocycles. The number of rotatable bonds is 3. The van der Waals surface area contributed by atoms with E-state index < -0.39 is 15.8 Å². The second-order valence-corrected chi connectivity index (χ2v) is 5.90. The highest BCUT2D eigenvalue weighted by atomic mass is 79.9. The average molecular weight is 331 g/mol. The van der Waals surface area contributed by atoms with Crippen LogP contribution >= 0.6 is 15.9 Å². The molecule has 2 aromatic rings. The highest BCUT2D eigenvalue weighted by molar-refractivity contribution is 9.10. The molecular weight excluding hydrogens is 323 g/mol. The first-order valence-electron chi connectivity index (χ1n) is 4.88. The smallest absolute Gasteiger partial charge is 0.263 e. The number of aromatic nitrogens is 1. The van der Waals surface area contributed by atoms with Gasteiger partial charge in [0.25, 0.3) is 10.0 Å². The topological polar surface area (TPSA) is 59.1 Å². The molecule has 2 rings (SSSR count). The van der Waals surface area contributed by atoms with Crippen molar-refractivity contribution in [1.82, 2.24) is 4.98 Å². The molecule has 1 heterocycles. The van der Waals surface area contributed by atoms with Crippen LogP contribution in [0, 0.1) is 5.82 Å². The molecule has 1 aromatic heterocycles. The zero-order chi connectivity index (χ0) is 13.2. The van der Waals surface area contributed by atoms with E-state index in [0.29, 0.717) is 4.60 Å². The lowest BCUT2D eigenvalue weighted by Gasteiger charge is -2.07. The van der Waals surface area contributed by atoms with E-state index in [2.05, 4.69) is 25.6 Å². The first-order chi connectivity index (χ1) is 8.47. The average Bonchev–Trinajstić information content (AvgIpc) is 2.28. The molecular formula is C11H8BrFN2O2S. The van der Waals surface area contributed by atoms with Crippen molar-refractivity contribution >= 4 is 31.8 Å². The van der Waals surface area contributed by atoms with Gasteiger partial charge in [-0.3, -0.25) is 4.72 Å². The molecule has 0 unspecified atom stereocenters. The van der Waals surface area contributed by atoms with Crippen molar-refractivity contribution < 1.29 is 12.8 Å². The second kappa shape index (κ2) is 5.03. The SMILES string of the molecule is O=S(=O)(Nc1cccc(Br)n1)c1cccc(F)c1. The van der Waals surface area contributed by atoms with Gasteiger partial charge in [0.05, 0.1) is 4.90 Å². The van der Waals surface area contributed by atoms with Crippen molar-refractivity contribution in [2.45, 2.75) is 4.90 Å². The maximum Gasteiger partial charge on any atom is 0.263 e. The molecule has 7 heteroatoms. The minimum atomic E-state index is -3.83. The van der Waals surface area contributed by atoms with Gasteiger partial charge in [0, 0.05) is 0 Å². The molecule has 0 aliphatic carbocycles. The Bertz CT molecular complexity index is 676. The number of nitrogens with one attached hydrogen (secondary N) is 1. The van der Waals surface area contributed by atoms with Crippen molar-refractivity contribution in [3.63, 3.8) is 0 Å². The Morgan fingerprint density at radius 2 is 1.89 bits per heavy atom. The van der Waals surface area contributed by atoms with E-state index in [9.17, 15) is 12.8 Å². The van der Waals surface area contributed by atoms with E-state index >= 15 is 0 Å². The van der Waals surface area contributed by atoms with Crippen molar-refractivity contribution in [2.24, 2.45) is 0 Å². The van der Waals surface area contributed by atoms with Crippen LogP contribution in [-0.2, 0) is 10.0 Å². The van der Waals surface area contributed by atoms with Crippen molar-refractivity contribution in [1.29, 1.82) is 0 Å². The molecule has 4 nitrogen and oxygen atoms in total. The van der Waals surface area contributed by atoms with Crippen LogP contribution in [0.1, 0.15) is 0 Å². The molecule has 0 spiro atoms. The van der Waals surface area contributed by atoms with Gasteiger partial charge in [0.2, 0.25) is 0 Å². The van der Waals surface area contributed by atoms with Crippen LogP contribution in [0.5, 0.6) is 0 Å². The first-order valence-corrected chi connectivity index (χ1v) is 7.16. The van der Waals surface area contributed by atoms with Gasteiger partial charge in [-0.15, -0.1) is 0 Å². The van der Waals surface area contributed by atoms with Gasteiger partial charge < -0.3 is 0 Å². The monoisotopic (exact) mass is 330 g/mol. The Morgan fingerprint density at radius 1 is 1.17 bits per heavy atom. The number of sulfonamides is 1. The zero-order valence-corrected chi connectivity index (χ0v) is 11.4. The molecule has 1 N–H and O–H groups in total. The summed E-state index contributed by atoms with van der Waals surface area (Å²) in [5.74, 6) is -0.450. The number of nitrogens with zero attached hydrogens (tertiary/aromatic N) is 1. The second-order valence-electron chi connectivity index (χ2n) is 3.41. The minimum absolute atomic E-state index is 0.149. The summed E-state index contributed by atoms with van der Waals surface area (Å²) in [6, 6.07) is 9.57. The van der Waals surface area contributed by atoms with E-state index in [1.165, 1.54) is 24.3 Å². The molecule has 0 saturated carbocycles. The lowest BCUT2D eigenvalue weighted by atomic mass is 10.4. The molecule has 0 atom stereocenters. The predicted molar refractivity (Wildman–Crippen MR) is 69.1 cm³/mol. The van der Waals surface area contributed by atoms with E-state index in [4.69, 9.17) is 0 Å². The summed E-state index contributed by atoms with van der Waals surface area (Å²) in [6.07, 6.45) is 0. The fourth-order valence-corrected chi connectivity index (χ4v) is 2.67. The summed E-state index contributed by atoms with van der Waals surface area (Å²) >= 11 is 3.13. The molecule has 94 valence electrons. The summed E-state index contributed by atoms with van der Waals surface area (Å²) < 4.78 is 39.6. The van der Waals surface area contributed by atoms with E-state index in [-0.39, 0.29) is 10.7 Å². The lowest BCUT2D eigenvalue weighted by molar-refractivity contribution is 0.595. The molecule has 0 aliphatic rings. The highest BCUT2D eigenvalue weighted by Crippen LogP contribution is 2.16. The summed E-state index contributed by atoms with van der Waals surface area (Å²) in [5, 5.41) is 0. The molecule has 0 saturated heterocycles. The summed E-state index contributed by atoms with van der Waals surface area (Å²) in [6.45, 7) is 0. The molecule has 0 bridgehead atoms. The van der Waals surface area contributed by atoms with Gasteiger partial charge in [-0.25, -0.2) is 17.8 Å². The van der Waals surface area contributed by atoms with Gasteiger partial charge in [-0.1, -0.05) is 12.1 Å². The van der Waals surface area contributed by atoms with Crippen molar-refractivity contribution in [2.75, 3.05) is 4.72 Å². The van der Waals surface area contributed by atoms with E-state index in [1.807, 2.05) is 0 Å². The predicted octanol–water partition coefficient (Wildman–Crippen LogP) is 2.78. The number of hydrogen-bond donors (Lipinski definition) is 1. The molecule has 0 radical (unpaired) electrons. The zero-order valence-electron chi connectivity index (χ0n) is 8.97. The van der Waals surface area contributed by atoms with Crippen LogP contribution < -0.4 is 4.72 Å². The maximum atomic E-state index is 13.0. The summed E-state index contributed by atoms with van der Waals surface area (Å²) in [4.78, 5) is 3.79. The van der Waals surface area contributed by atoms with Crippen LogP contribution in [0.2, 0.25) is 0 Å². The van der Waals surface area contributed by atoms with Crippen molar-refractivity contribution in [3.8, 4) is 0 Å². The van der Waals surface area contributed by atoms with Gasteiger partial charge in [0.1, 0.15) is 16.2 Å². The van der Waals surface area contributed by atoms with Crippen molar-refractivity contribution in [3.05, 3.63) is 52.9 Å². The van der Waals surface area contributed by atoms with Crippen LogP contribution in [-0.4, -0.2) is 13.4 Å². The number of pyridine rings is 1. The molecule has 0 aliphatic heterocycles. The largest absolute Gasteiger partial charge is 0.263 e. The molecule has 0 fully saturated rings. The quantitative estimate of drug-likeness (QED) is 0.880. The van der Waals surface area contributed by atoms with Gasteiger partial charge >= 0.3 is 0 Å². The normalized spacial score (nSPS) is 11.2. The van der Waals surface area contributed by atoms with E-state index in [0.717, 1.165) is 6.07 Å². The Morgan fingerprint density at radius 3 is 2.56 bits per heavy atom. The third-order valence-corrected chi connectivity index (χ3v) is 3.85. The highest BCUT2D eigenvalue weighted by Gasteiger charge is 2.15. The lowest BCUT2D eigenvalue weighted by Crippen LogP contribution is -2.14. The Labute approximate surface area is 112 Å². The van der Waals surface area contributed by atoms with Gasteiger partial charge in [-0.05, 0) is 46.3 Å². The third-order valence-electron chi connectivity index (χ3n) is 2.06. The Balaban J connectivity index is 2.33. The standard InChI is InChI=1S/C11H8BrFN2O2S/c12-10-5-2-6-11(14-10)15-18(16,17)9-4-1-3-8(13)7-9/h1-7H,(H,14,15). The van der Waals surface area contributed by atoms with Crippen LogP contribution in [0.4, 0.5) is 10.2 Å². The minimum Gasteiger partial charge on any atom is -0.263 e. The number of halogens is 2. The first kappa shape index (κ1) is 13.0. The Hall–Kier alpha value is -1.47. The Kier molecular flexibility index (Phi) is 3.63. The summed E-state index contributed by atoms with van der Waals surface area (Å²) in [5.41, 5.74) is 0. The van der Waals surface area contributed by atoms with E-state index in [1.54, 1.807) is 12.1 Å². The molecule has 18 heavy (non-hydrogen) atoms. The summed E-state index contributed by atoms with van der Waals surface area (Å²) in [7, 11) is -3.83. The fourth-order valence-electron chi connectivity index (χ4n) is 1.30. The number of hydrogen-bond acceptors (Lipinski definition) is 3. The number of benzene rings is 1. The van der Waals surface area contributed by atoms with Crippen LogP contribution in [0.15, 0.2) is 52.0 Å². The van der Waals surface area contributed by atoms with Gasteiger partial charge in [-0.2, -0.15) is 0 Å². The maximum absolute atomic E-state index is 13.0. The van der Waals surface area contributed by atoms with Crippen LogP contribution in [0.3, 0.4) is 0 Å². The third kappa shape index (κ3) is 3.05.